The molecular formula is C18H35N3O2. The van der Waals surface area contributed by atoms with Gasteiger partial charge >= 0.3 is 0 Å². The lowest BCUT2D eigenvalue weighted by molar-refractivity contribution is -0.135. The SMILES string of the molecule is CC(C)C(NC1CCOCC1)C(=O)N1CCCN(C(C)C)CC1. The molecule has 2 rings (SSSR count). The Kier molecular flexibility index (Phi) is 7.31. The van der Waals surface area contributed by atoms with Crippen molar-refractivity contribution in [3.05, 3.63) is 0 Å². The first-order valence-electron chi connectivity index (χ1n) is 9.35. The van der Waals surface area contributed by atoms with Gasteiger partial charge in [-0.25, -0.2) is 0 Å². The van der Waals surface area contributed by atoms with E-state index >= 15 is 0 Å². The highest BCUT2D eigenvalue weighted by Crippen LogP contribution is 2.15. The molecule has 0 aromatic rings. The Morgan fingerprint density at radius 3 is 2.35 bits per heavy atom. The Hall–Kier alpha value is -0.650. The molecule has 1 atom stereocenters. The van der Waals surface area contributed by atoms with Crippen molar-refractivity contribution in [1.82, 2.24) is 15.1 Å². The van der Waals surface area contributed by atoms with Gasteiger partial charge in [-0.05, 0) is 39.0 Å². The summed E-state index contributed by atoms with van der Waals surface area (Å²) in [6, 6.07) is 0.911. The molecule has 0 spiro atoms. The standard InChI is InChI=1S/C18H35N3O2/c1-14(2)17(19-16-6-12-23-13-7-16)18(22)21-9-5-8-20(10-11-21)15(3)4/h14-17,19H,5-13H2,1-4H3. The summed E-state index contributed by atoms with van der Waals surface area (Å²) in [5.74, 6) is 0.604. The topological polar surface area (TPSA) is 44.8 Å². The second-order valence-corrected chi connectivity index (χ2v) is 7.58. The van der Waals surface area contributed by atoms with Gasteiger partial charge in [0.15, 0.2) is 0 Å². The summed E-state index contributed by atoms with van der Waals surface area (Å²) >= 11 is 0. The molecule has 5 nitrogen and oxygen atoms in total. The molecular weight excluding hydrogens is 290 g/mol. The van der Waals surface area contributed by atoms with Gasteiger partial charge in [0.2, 0.25) is 5.91 Å². The van der Waals surface area contributed by atoms with Crippen LogP contribution in [0.25, 0.3) is 0 Å². The van der Waals surface area contributed by atoms with Crippen molar-refractivity contribution in [2.45, 2.75) is 65.1 Å². The Morgan fingerprint density at radius 2 is 1.74 bits per heavy atom. The molecule has 0 aromatic heterocycles. The molecule has 134 valence electrons. The van der Waals surface area contributed by atoms with Crippen LogP contribution in [0.15, 0.2) is 0 Å². The molecule has 2 aliphatic heterocycles. The average molecular weight is 325 g/mol. The van der Waals surface area contributed by atoms with Gasteiger partial charge in [-0.3, -0.25) is 9.69 Å². The van der Waals surface area contributed by atoms with Gasteiger partial charge in [-0.2, -0.15) is 0 Å². The molecule has 2 heterocycles. The van der Waals surface area contributed by atoms with Gasteiger partial charge in [0.1, 0.15) is 0 Å². The lowest BCUT2D eigenvalue weighted by Crippen LogP contribution is -2.54. The molecule has 0 aliphatic carbocycles. The van der Waals surface area contributed by atoms with E-state index in [1.165, 1.54) is 0 Å². The second-order valence-electron chi connectivity index (χ2n) is 7.58. The Bertz CT molecular complexity index is 367. The van der Waals surface area contributed by atoms with Crippen LogP contribution in [0.1, 0.15) is 47.0 Å². The molecule has 1 N–H and O–H groups in total. The Balaban J connectivity index is 1.94. The number of amides is 1. The third kappa shape index (κ3) is 5.44. The normalized spacial score (nSPS) is 23.3. The van der Waals surface area contributed by atoms with E-state index in [9.17, 15) is 4.79 Å². The van der Waals surface area contributed by atoms with Crippen LogP contribution >= 0.6 is 0 Å². The van der Waals surface area contributed by atoms with Crippen molar-refractivity contribution < 1.29 is 9.53 Å². The monoisotopic (exact) mass is 325 g/mol. The minimum Gasteiger partial charge on any atom is -0.381 e. The van der Waals surface area contributed by atoms with Crippen molar-refractivity contribution in [3.63, 3.8) is 0 Å². The van der Waals surface area contributed by atoms with Crippen LogP contribution in [0, 0.1) is 5.92 Å². The fraction of sp³-hybridized carbons (Fsp3) is 0.944. The number of rotatable bonds is 5. The maximum Gasteiger partial charge on any atom is 0.240 e. The summed E-state index contributed by atoms with van der Waals surface area (Å²) in [7, 11) is 0. The highest BCUT2D eigenvalue weighted by atomic mass is 16.5. The lowest BCUT2D eigenvalue weighted by atomic mass is 9.99. The summed E-state index contributed by atoms with van der Waals surface area (Å²) in [4.78, 5) is 17.6. The predicted molar refractivity (Wildman–Crippen MR) is 93.5 cm³/mol. The highest BCUT2D eigenvalue weighted by molar-refractivity contribution is 5.82. The van der Waals surface area contributed by atoms with E-state index in [0.29, 0.717) is 18.0 Å². The molecule has 0 bridgehead atoms. The minimum atomic E-state index is -0.0660. The molecule has 0 aromatic carbocycles. The quantitative estimate of drug-likeness (QED) is 0.836. The van der Waals surface area contributed by atoms with E-state index in [-0.39, 0.29) is 11.9 Å². The second kappa shape index (κ2) is 9.00. The molecule has 2 saturated heterocycles. The first-order chi connectivity index (χ1) is 11.0. The highest BCUT2D eigenvalue weighted by Gasteiger charge is 2.30. The van der Waals surface area contributed by atoms with Gasteiger partial charge < -0.3 is 15.0 Å². The van der Waals surface area contributed by atoms with Crippen LogP contribution in [-0.2, 0) is 9.53 Å². The molecule has 0 radical (unpaired) electrons. The van der Waals surface area contributed by atoms with Gasteiger partial charge in [0.25, 0.3) is 0 Å². The first kappa shape index (κ1) is 18.7. The summed E-state index contributed by atoms with van der Waals surface area (Å²) < 4.78 is 5.43. The average Bonchev–Trinajstić information content (AvgIpc) is 2.79. The molecule has 1 unspecified atom stereocenters. The van der Waals surface area contributed by atoms with Gasteiger partial charge in [-0.1, -0.05) is 13.8 Å². The molecule has 2 fully saturated rings. The third-order valence-corrected chi connectivity index (χ3v) is 5.14. The largest absolute Gasteiger partial charge is 0.381 e. The zero-order valence-corrected chi connectivity index (χ0v) is 15.4. The van der Waals surface area contributed by atoms with Crippen LogP contribution in [0.2, 0.25) is 0 Å². The van der Waals surface area contributed by atoms with E-state index < -0.39 is 0 Å². The molecule has 5 heteroatoms. The number of nitrogens with one attached hydrogen (secondary N) is 1. The molecule has 2 aliphatic rings. The fourth-order valence-electron chi connectivity index (χ4n) is 3.54. The summed E-state index contributed by atoms with van der Waals surface area (Å²) in [6.45, 7) is 14.2. The third-order valence-electron chi connectivity index (χ3n) is 5.14. The van der Waals surface area contributed by atoms with Gasteiger partial charge in [0, 0.05) is 51.5 Å². The molecule has 23 heavy (non-hydrogen) atoms. The Morgan fingerprint density at radius 1 is 1.04 bits per heavy atom. The zero-order chi connectivity index (χ0) is 16.8. The van der Waals surface area contributed by atoms with Gasteiger partial charge in [0.05, 0.1) is 6.04 Å². The smallest absolute Gasteiger partial charge is 0.240 e. The van der Waals surface area contributed by atoms with Crippen LogP contribution in [0.3, 0.4) is 0 Å². The van der Waals surface area contributed by atoms with Crippen molar-refractivity contribution >= 4 is 5.91 Å². The van der Waals surface area contributed by atoms with E-state index in [4.69, 9.17) is 4.74 Å². The number of ether oxygens (including phenoxy) is 1. The molecule has 1 amide bonds. The van der Waals surface area contributed by atoms with E-state index in [2.05, 4.69) is 42.8 Å². The van der Waals surface area contributed by atoms with Gasteiger partial charge in [-0.15, -0.1) is 0 Å². The fourth-order valence-corrected chi connectivity index (χ4v) is 3.54. The lowest BCUT2D eigenvalue weighted by Gasteiger charge is -2.33. The van der Waals surface area contributed by atoms with E-state index in [0.717, 1.165) is 58.7 Å². The van der Waals surface area contributed by atoms with Crippen molar-refractivity contribution in [2.24, 2.45) is 5.92 Å². The van der Waals surface area contributed by atoms with E-state index in [1.807, 2.05) is 0 Å². The van der Waals surface area contributed by atoms with Crippen LogP contribution in [-0.4, -0.2) is 73.2 Å². The molecule has 0 saturated carbocycles. The summed E-state index contributed by atoms with van der Waals surface area (Å²) in [6.07, 6.45) is 3.10. The summed E-state index contributed by atoms with van der Waals surface area (Å²) in [5.41, 5.74) is 0. The van der Waals surface area contributed by atoms with Crippen molar-refractivity contribution in [1.29, 1.82) is 0 Å². The van der Waals surface area contributed by atoms with Crippen LogP contribution in [0.5, 0.6) is 0 Å². The van der Waals surface area contributed by atoms with Crippen molar-refractivity contribution in [2.75, 3.05) is 39.4 Å². The van der Waals surface area contributed by atoms with Crippen LogP contribution < -0.4 is 5.32 Å². The van der Waals surface area contributed by atoms with Crippen LogP contribution in [0.4, 0.5) is 0 Å². The predicted octanol–water partition coefficient (Wildman–Crippen LogP) is 1.72. The number of carbonyl (C=O) groups is 1. The van der Waals surface area contributed by atoms with E-state index in [1.54, 1.807) is 0 Å². The van der Waals surface area contributed by atoms with Crippen molar-refractivity contribution in [3.8, 4) is 0 Å². The number of nitrogens with zero attached hydrogens (tertiary/aromatic N) is 2. The maximum atomic E-state index is 13.1. The number of hydrogen-bond donors (Lipinski definition) is 1. The number of hydrogen-bond acceptors (Lipinski definition) is 4. The zero-order valence-electron chi connectivity index (χ0n) is 15.4. The first-order valence-corrected chi connectivity index (χ1v) is 9.35. The minimum absolute atomic E-state index is 0.0660. The Labute approximate surface area is 141 Å². The summed E-state index contributed by atoms with van der Waals surface area (Å²) in [5, 5.41) is 3.62. The number of carbonyl (C=O) groups excluding carboxylic acids is 1. The maximum absolute atomic E-state index is 13.1.